The van der Waals surface area contributed by atoms with Gasteiger partial charge in [-0.2, -0.15) is 13.2 Å². The topological polar surface area (TPSA) is 142 Å². The van der Waals surface area contributed by atoms with Gasteiger partial charge in [-0.1, -0.05) is 19.9 Å². The number of aliphatic hydroxyl groups excluding tert-OH is 2. The fourth-order valence-electron chi connectivity index (χ4n) is 4.01. The predicted molar refractivity (Wildman–Crippen MR) is 127 cm³/mol. The van der Waals surface area contributed by atoms with Crippen molar-refractivity contribution in [3.63, 3.8) is 0 Å². The molecule has 3 aromatic rings. The van der Waals surface area contributed by atoms with Gasteiger partial charge in [0.25, 0.3) is 5.91 Å². The van der Waals surface area contributed by atoms with E-state index < -0.39 is 42.1 Å². The monoisotopic (exact) mass is 520 g/mol. The van der Waals surface area contributed by atoms with Crippen molar-refractivity contribution >= 4 is 22.6 Å². The minimum atomic E-state index is -4.68. The number of benzene rings is 1. The van der Waals surface area contributed by atoms with Gasteiger partial charge in [-0.05, 0) is 30.0 Å². The average molecular weight is 521 g/mol. The lowest BCUT2D eigenvalue weighted by atomic mass is 9.98. The zero-order valence-electron chi connectivity index (χ0n) is 20.1. The molecule has 4 rings (SSSR count). The van der Waals surface area contributed by atoms with Crippen molar-refractivity contribution in [1.29, 1.82) is 0 Å². The van der Waals surface area contributed by atoms with E-state index in [1.807, 2.05) is 18.2 Å². The number of nitrogens with one attached hydrogen (secondary N) is 2. The molecule has 1 saturated heterocycles. The summed E-state index contributed by atoms with van der Waals surface area (Å²) in [6.07, 6.45) is -4.37. The van der Waals surface area contributed by atoms with Gasteiger partial charge in [-0.25, -0.2) is 15.0 Å². The fraction of sp³-hybridized carbons (Fsp3) is 0.458. The molecule has 0 aliphatic carbocycles. The Bertz CT molecular complexity index is 1260. The molecule has 0 radical (unpaired) electrons. The number of amides is 1. The van der Waals surface area contributed by atoms with Crippen molar-refractivity contribution in [3.05, 3.63) is 53.9 Å². The third-order valence-corrected chi connectivity index (χ3v) is 5.85. The first kappa shape index (κ1) is 26.6. The second kappa shape index (κ2) is 10.9. The number of rotatable bonds is 7. The van der Waals surface area contributed by atoms with Gasteiger partial charge >= 0.3 is 6.18 Å². The number of halogens is 3. The van der Waals surface area contributed by atoms with E-state index >= 15 is 0 Å². The van der Waals surface area contributed by atoms with E-state index in [4.69, 9.17) is 4.74 Å². The van der Waals surface area contributed by atoms with E-state index in [9.17, 15) is 28.2 Å². The highest BCUT2D eigenvalue weighted by Crippen LogP contribution is 2.28. The van der Waals surface area contributed by atoms with Crippen LogP contribution in [-0.4, -0.2) is 73.6 Å². The van der Waals surface area contributed by atoms with Gasteiger partial charge in [0.1, 0.15) is 24.1 Å². The molecule has 1 fully saturated rings. The maximum atomic E-state index is 12.9. The van der Waals surface area contributed by atoms with Crippen LogP contribution in [0.3, 0.4) is 0 Å². The molecule has 1 aliphatic rings. The van der Waals surface area contributed by atoms with Crippen LogP contribution in [-0.2, 0) is 17.3 Å². The van der Waals surface area contributed by atoms with E-state index in [2.05, 4.69) is 44.4 Å². The maximum absolute atomic E-state index is 12.9. The quantitative estimate of drug-likeness (QED) is 0.368. The number of aliphatic hydroxyl groups is 2. The lowest BCUT2D eigenvalue weighted by Crippen LogP contribution is -2.58. The first-order chi connectivity index (χ1) is 17.5. The first-order valence-corrected chi connectivity index (χ1v) is 11.7. The molecule has 10 nitrogen and oxygen atoms in total. The van der Waals surface area contributed by atoms with E-state index in [-0.39, 0.29) is 24.8 Å². The van der Waals surface area contributed by atoms with Crippen LogP contribution >= 0.6 is 0 Å². The van der Waals surface area contributed by atoms with Gasteiger partial charge in [0.05, 0.1) is 30.6 Å². The van der Waals surface area contributed by atoms with Crippen LogP contribution in [0.5, 0.6) is 0 Å². The van der Waals surface area contributed by atoms with Crippen LogP contribution in [0.2, 0.25) is 0 Å². The molecule has 0 unspecified atom stereocenters. The highest BCUT2D eigenvalue weighted by molar-refractivity contribution is 5.92. The summed E-state index contributed by atoms with van der Waals surface area (Å²) >= 11 is 0. The smallest absolute Gasteiger partial charge is 0.388 e. The predicted octanol–water partition coefficient (Wildman–Crippen LogP) is 1.97. The number of aromatic nitrogens is 4. The van der Waals surface area contributed by atoms with Crippen molar-refractivity contribution < 1.29 is 32.9 Å². The van der Waals surface area contributed by atoms with Crippen LogP contribution in [0, 0.1) is 5.92 Å². The number of hydrogen-bond donors (Lipinski definition) is 4. The number of anilines is 1. The molecule has 1 aliphatic heterocycles. The Hall–Kier alpha value is -3.42. The zero-order chi connectivity index (χ0) is 26.7. The summed E-state index contributed by atoms with van der Waals surface area (Å²) in [5.74, 6) is -0.374. The molecule has 3 heterocycles. The lowest BCUT2D eigenvalue weighted by Gasteiger charge is -2.38. The molecule has 1 amide bonds. The van der Waals surface area contributed by atoms with Crippen molar-refractivity contribution in [2.45, 2.75) is 50.8 Å². The Labute approximate surface area is 210 Å². The van der Waals surface area contributed by atoms with Gasteiger partial charge in [0.15, 0.2) is 5.69 Å². The van der Waals surface area contributed by atoms with Gasteiger partial charge in [-0.15, -0.1) is 0 Å². The van der Waals surface area contributed by atoms with Crippen molar-refractivity contribution in [3.8, 4) is 0 Å². The Kier molecular flexibility index (Phi) is 7.85. The summed E-state index contributed by atoms with van der Waals surface area (Å²) in [5.41, 5.74) is 0.568. The Morgan fingerprint density at radius 3 is 2.68 bits per heavy atom. The summed E-state index contributed by atoms with van der Waals surface area (Å²) in [6, 6.07) is 4.82. The normalized spacial score (nSPS) is 22.3. The van der Waals surface area contributed by atoms with Crippen LogP contribution in [0.25, 0.3) is 10.9 Å². The van der Waals surface area contributed by atoms with E-state index in [0.29, 0.717) is 17.6 Å². The molecular weight excluding hydrogens is 493 g/mol. The van der Waals surface area contributed by atoms with Gasteiger partial charge in [0.2, 0.25) is 5.82 Å². The molecule has 0 saturated carbocycles. The van der Waals surface area contributed by atoms with Gasteiger partial charge < -0.3 is 25.6 Å². The number of hydrogen-bond acceptors (Lipinski definition) is 9. The number of carbonyl (C=O) groups is 1. The zero-order valence-corrected chi connectivity index (χ0v) is 20.1. The molecule has 0 spiro atoms. The minimum absolute atomic E-state index is 0.0578. The summed E-state index contributed by atoms with van der Waals surface area (Å²) in [6.45, 7) is 3.94. The second-order valence-electron chi connectivity index (χ2n) is 9.29. The molecule has 1 aromatic carbocycles. The second-order valence-corrected chi connectivity index (χ2v) is 9.29. The molecule has 0 bridgehead atoms. The van der Waals surface area contributed by atoms with Gasteiger partial charge in [-0.3, -0.25) is 9.78 Å². The molecule has 4 N–H and O–H groups in total. The standard InChI is InChI=1S/C24H27F3N6O4/c1-12(2)5-13-3-4-15-14(6-13)7-29-22(32-15)23(36)30-8-17-21(35)20(34)16(11-37-17)31-19-10-28-9-18(33-19)24(25,26)27/h3-4,6-7,9-10,12,16-17,20-21,34-35H,5,8,11H2,1-2H3,(H,30,36)(H,31,33)/t16-,17+,20+,21-/m0/s1. The number of nitrogens with zero attached hydrogens (tertiary/aromatic N) is 4. The molecule has 4 atom stereocenters. The van der Waals surface area contributed by atoms with Crippen LogP contribution in [0.15, 0.2) is 36.8 Å². The van der Waals surface area contributed by atoms with Gasteiger partial charge in [0, 0.05) is 18.1 Å². The average Bonchev–Trinajstić information content (AvgIpc) is 2.85. The molecular formula is C24H27F3N6O4. The number of carbonyl (C=O) groups excluding carboxylic acids is 1. The largest absolute Gasteiger partial charge is 0.434 e. The van der Waals surface area contributed by atoms with Crippen LogP contribution < -0.4 is 10.6 Å². The van der Waals surface area contributed by atoms with Crippen LogP contribution in [0.1, 0.15) is 35.7 Å². The van der Waals surface area contributed by atoms with E-state index in [1.54, 1.807) is 6.20 Å². The number of alkyl halides is 3. The highest BCUT2D eigenvalue weighted by Gasteiger charge is 2.39. The molecule has 198 valence electrons. The maximum Gasteiger partial charge on any atom is 0.434 e. The summed E-state index contributed by atoms with van der Waals surface area (Å²) in [5, 5.41) is 26.9. The summed E-state index contributed by atoms with van der Waals surface area (Å²) in [7, 11) is 0. The Morgan fingerprint density at radius 1 is 1.16 bits per heavy atom. The molecule has 13 heteroatoms. The Morgan fingerprint density at radius 2 is 1.95 bits per heavy atom. The first-order valence-electron chi connectivity index (χ1n) is 11.7. The summed E-state index contributed by atoms with van der Waals surface area (Å²) < 4.78 is 44.1. The summed E-state index contributed by atoms with van der Waals surface area (Å²) in [4.78, 5) is 28.0. The molecule has 37 heavy (non-hydrogen) atoms. The lowest BCUT2D eigenvalue weighted by molar-refractivity contribution is -0.141. The Balaban J connectivity index is 1.34. The molecule has 2 aromatic heterocycles. The number of fused-ring (bicyclic) bond motifs is 1. The van der Waals surface area contributed by atoms with E-state index in [0.717, 1.165) is 23.6 Å². The van der Waals surface area contributed by atoms with Crippen molar-refractivity contribution in [1.82, 2.24) is 25.3 Å². The minimum Gasteiger partial charge on any atom is -0.388 e. The third-order valence-electron chi connectivity index (χ3n) is 5.85. The fourth-order valence-corrected chi connectivity index (χ4v) is 4.01. The third kappa shape index (κ3) is 6.48. The van der Waals surface area contributed by atoms with Crippen molar-refractivity contribution in [2.75, 3.05) is 18.5 Å². The van der Waals surface area contributed by atoms with E-state index in [1.165, 1.54) is 0 Å². The SMILES string of the molecule is CC(C)Cc1ccc2nc(C(=O)NC[C@H]3OC[C@H](Nc4cncc(C(F)(F)F)n4)[C@@H](O)[C@H]3O)ncc2c1. The van der Waals surface area contributed by atoms with Crippen LogP contribution in [0.4, 0.5) is 19.0 Å². The van der Waals surface area contributed by atoms with Crippen molar-refractivity contribution in [2.24, 2.45) is 5.92 Å². The number of ether oxygens (including phenoxy) is 1. The highest BCUT2D eigenvalue weighted by atomic mass is 19.4.